The molecule has 34 heavy (non-hydrogen) atoms. The van der Waals surface area contributed by atoms with Crippen molar-refractivity contribution in [2.24, 2.45) is 5.73 Å². The highest BCUT2D eigenvalue weighted by atomic mass is 16.5. The van der Waals surface area contributed by atoms with Crippen molar-refractivity contribution in [3.8, 4) is 0 Å². The minimum absolute atomic E-state index is 0.0500. The summed E-state index contributed by atoms with van der Waals surface area (Å²) >= 11 is 0. The fourth-order valence-corrected chi connectivity index (χ4v) is 3.75. The van der Waals surface area contributed by atoms with E-state index in [1.54, 1.807) is 24.3 Å². The number of benzene rings is 2. The van der Waals surface area contributed by atoms with E-state index >= 15 is 0 Å². The number of amides is 3. The predicted molar refractivity (Wildman–Crippen MR) is 123 cm³/mol. The fourth-order valence-electron chi connectivity index (χ4n) is 3.75. The van der Waals surface area contributed by atoms with Crippen molar-refractivity contribution in [2.75, 3.05) is 5.32 Å². The molecule has 0 aliphatic carbocycles. The molecule has 0 radical (unpaired) electrons. The number of aromatic nitrogens is 2. The molecule has 0 saturated carbocycles. The molecule has 1 aliphatic rings. The molecule has 3 aromatic rings. The van der Waals surface area contributed by atoms with E-state index in [1.165, 1.54) is 10.8 Å². The smallest absolute Gasteiger partial charge is 0.412 e. The van der Waals surface area contributed by atoms with E-state index in [1.807, 2.05) is 30.3 Å². The van der Waals surface area contributed by atoms with Crippen LogP contribution in [0.5, 0.6) is 0 Å². The molecule has 10 nitrogen and oxygen atoms in total. The van der Waals surface area contributed by atoms with Gasteiger partial charge in [-0.3, -0.25) is 24.3 Å². The maximum Gasteiger partial charge on any atom is 0.412 e. The van der Waals surface area contributed by atoms with Crippen molar-refractivity contribution >= 4 is 23.6 Å². The summed E-state index contributed by atoms with van der Waals surface area (Å²) in [5, 5.41) is 5.20. The van der Waals surface area contributed by atoms with Crippen molar-refractivity contribution in [1.29, 1.82) is 0 Å². The Labute approximate surface area is 194 Å². The van der Waals surface area contributed by atoms with Crippen molar-refractivity contribution in [1.82, 2.24) is 14.9 Å². The molecule has 4 N–H and O–H groups in total. The first-order chi connectivity index (χ1) is 16.4. The normalized spacial score (nSPS) is 14.2. The minimum Gasteiger partial charge on any atom is -0.444 e. The summed E-state index contributed by atoms with van der Waals surface area (Å²) in [6.45, 7) is 0.214. The van der Waals surface area contributed by atoms with E-state index in [2.05, 4.69) is 15.6 Å². The molecule has 1 aliphatic heterocycles. The van der Waals surface area contributed by atoms with Crippen LogP contribution in [-0.4, -0.2) is 27.5 Å². The number of nitrogens with two attached hydrogens (primary N) is 1. The number of fused-ring (bicyclic) bond motifs is 1. The van der Waals surface area contributed by atoms with Gasteiger partial charge in [0.05, 0.1) is 6.20 Å². The topological polar surface area (TPSA) is 145 Å². The summed E-state index contributed by atoms with van der Waals surface area (Å²) in [7, 11) is 0. The van der Waals surface area contributed by atoms with Gasteiger partial charge in [0, 0.05) is 18.5 Å². The third-order valence-corrected chi connectivity index (χ3v) is 5.45. The van der Waals surface area contributed by atoms with Gasteiger partial charge in [-0.25, -0.2) is 9.78 Å². The number of aryl methyl sites for hydroxylation is 1. The SMILES string of the molecule is NC(=O)c1cccc(CNC(=O)[C@@H]2CCc3ncc(NC(=O)OCc4ccccc4)c(=O)n32)c1. The van der Waals surface area contributed by atoms with Crippen LogP contribution in [0, 0.1) is 0 Å². The number of nitrogens with zero attached hydrogens (tertiary/aromatic N) is 2. The number of hydrogen-bond acceptors (Lipinski definition) is 6. The van der Waals surface area contributed by atoms with Crippen LogP contribution in [0.15, 0.2) is 65.6 Å². The molecule has 2 aromatic carbocycles. The van der Waals surface area contributed by atoms with Crippen LogP contribution in [0.3, 0.4) is 0 Å². The van der Waals surface area contributed by atoms with E-state index in [0.717, 1.165) is 5.56 Å². The second-order valence-electron chi connectivity index (χ2n) is 7.79. The van der Waals surface area contributed by atoms with Crippen LogP contribution in [0.1, 0.15) is 39.8 Å². The zero-order chi connectivity index (χ0) is 24.1. The Morgan fingerprint density at radius 3 is 2.62 bits per heavy atom. The molecule has 0 spiro atoms. The summed E-state index contributed by atoms with van der Waals surface area (Å²) in [4.78, 5) is 53.6. The lowest BCUT2D eigenvalue weighted by atomic mass is 10.1. The molecule has 4 rings (SSSR count). The molecule has 0 saturated heterocycles. The molecule has 0 unspecified atom stereocenters. The summed E-state index contributed by atoms with van der Waals surface area (Å²) in [5.41, 5.74) is 6.53. The number of hydrogen-bond donors (Lipinski definition) is 3. The highest BCUT2D eigenvalue weighted by molar-refractivity contribution is 5.93. The molecule has 0 fully saturated rings. The summed E-state index contributed by atoms with van der Waals surface area (Å²) < 4.78 is 6.45. The quantitative estimate of drug-likeness (QED) is 0.490. The molecule has 0 bridgehead atoms. The van der Waals surface area contributed by atoms with Crippen molar-refractivity contribution in [3.63, 3.8) is 0 Å². The second-order valence-corrected chi connectivity index (χ2v) is 7.79. The summed E-state index contributed by atoms with van der Waals surface area (Å²) in [5.74, 6) is -0.460. The van der Waals surface area contributed by atoms with E-state index in [-0.39, 0.29) is 24.7 Å². The van der Waals surface area contributed by atoms with Crippen LogP contribution in [0.25, 0.3) is 0 Å². The van der Waals surface area contributed by atoms with Gasteiger partial charge in [0.15, 0.2) is 0 Å². The van der Waals surface area contributed by atoms with Gasteiger partial charge >= 0.3 is 6.09 Å². The zero-order valence-electron chi connectivity index (χ0n) is 18.2. The average molecular weight is 461 g/mol. The molecule has 10 heteroatoms. The molecule has 2 heterocycles. The van der Waals surface area contributed by atoms with E-state index in [0.29, 0.717) is 29.8 Å². The Balaban J connectivity index is 1.42. The second kappa shape index (κ2) is 9.99. The maximum atomic E-state index is 13.0. The number of carbonyl (C=O) groups excluding carboxylic acids is 3. The van der Waals surface area contributed by atoms with Gasteiger partial charge in [-0.1, -0.05) is 42.5 Å². The third kappa shape index (κ3) is 5.12. The first kappa shape index (κ1) is 22.7. The fraction of sp³-hybridized carbons (Fsp3) is 0.208. The molecule has 1 atom stereocenters. The Morgan fingerprint density at radius 1 is 1.09 bits per heavy atom. The van der Waals surface area contributed by atoms with Crippen molar-refractivity contribution in [2.45, 2.75) is 32.0 Å². The van der Waals surface area contributed by atoms with Crippen molar-refractivity contribution in [3.05, 3.63) is 93.7 Å². The first-order valence-corrected chi connectivity index (χ1v) is 10.7. The minimum atomic E-state index is -0.795. The number of rotatable bonds is 7. The van der Waals surface area contributed by atoms with Crippen LogP contribution in [0.4, 0.5) is 10.5 Å². The zero-order valence-corrected chi connectivity index (χ0v) is 18.2. The standard InChI is InChI=1S/C24H23N5O5/c25-21(30)17-8-4-7-16(11-17)12-27-22(31)19-9-10-20-26-13-18(23(32)29(19)20)28-24(33)34-14-15-5-2-1-3-6-15/h1-8,11,13,19H,9-10,12,14H2,(H2,25,30)(H,27,31)(H,28,33)/t19-/m0/s1. The first-order valence-electron chi connectivity index (χ1n) is 10.7. The Kier molecular flexibility index (Phi) is 6.67. The van der Waals surface area contributed by atoms with Gasteiger partial charge in [0.2, 0.25) is 11.8 Å². The lowest BCUT2D eigenvalue weighted by Gasteiger charge is -2.15. The largest absolute Gasteiger partial charge is 0.444 e. The highest BCUT2D eigenvalue weighted by Gasteiger charge is 2.31. The van der Waals surface area contributed by atoms with Crippen LogP contribution in [-0.2, 0) is 29.1 Å². The van der Waals surface area contributed by atoms with E-state index in [4.69, 9.17) is 10.5 Å². The van der Waals surface area contributed by atoms with E-state index < -0.39 is 23.6 Å². The molecular formula is C24H23N5O5. The van der Waals surface area contributed by atoms with Gasteiger partial charge in [-0.15, -0.1) is 0 Å². The average Bonchev–Trinajstić information content (AvgIpc) is 3.29. The monoisotopic (exact) mass is 461 g/mol. The van der Waals surface area contributed by atoms with Crippen LogP contribution in [0.2, 0.25) is 0 Å². The van der Waals surface area contributed by atoms with Crippen molar-refractivity contribution < 1.29 is 19.1 Å². The number of ether oxygens (including phenoxy) is 1. The van der Waals surface area contributed by atoms with Crippen LogP contribution >= 0.6 is 0 Å². The molecule has 174 valence electrons. The number of nitrogens with one attached hydrogen (secondary N) is 2. The highest BCUT2D eigenvalue weighted by Crippen LogP contribution is 2.23. The van der Waals surface area contributed by atoms with E-state index in [9.17, 15) is 19.2 Å². The number of anilines is 1. The summed E-state index contributed by atoms with van der Waals surface area (Å²) in [6, 6.07) is 15.0. The van der Waals surface area contributed by atoms with Gasteiger partial charge in [0.1, 0.15) is 24.2 Å². The molecular weight excluding hydrogens is 438 g/mol. The predicted octanol–water partition coefficient (Wildman–Crippen LogP) is 1.89. The molecule has 3 amide bonds. The summed E-state index contributed by atoms with van der Waals surface area (Å²) in [6.07, 6.45) is 1.32. The Bertz CT molecular complexity index is 1290. The van der Waals surface area contributed by atoms with Gasteiger partial charge < -0.3 is 15.8 Å². The number of carbonyl (C=O) groups is 3. The van der Waals surface area contributed by atoms with Crippen LogP contribution < -0.4 is 21.9 Å². The lowest BCUT2D eigenvalue weighted by molar-refractivity contribution is -0.124. The molecule has 1 aromatic heterocycles. The maximum absolute atomic E-state index is 13.0. The van der Waals surface area contributed by atoms with Gasteiger partial charge in [0.25, 0.3) is 5.56 Å². The number of primary amides is 1. The van der Waals surface area contributed by atoms with Gasteiger partial charge in [-0.05, 0) is 29.7 Å². The Hall–Kier alpha value is -4.47. The lowest BCUT2D eigenvalue weighted by Crippen LogP contribution is -2.36. The third-order valence-electron chi connectivity index (χ3n) is 5.45. The Morgan fingerprint density at radius 2 is 1.85 bits per heavy atom. The van der Waals surface area contributed by atoms with Gasteiger partial charge in [-0.2, -0.15) is 0 Å².